The van der Waals surface area contributed by atoms with Crippen LogP contribution in [0, 0.1) is 17.6 Å². The van der Waals surface area contributed by atoms with Gasteiger partial charge in [0, 0.05) is 6.54 Å². The lowest BCUT2D eigenvalue weighted by Gasteiger charge is -2.30. The molecular formula is C16H22F2N2O. The zero-order valence-corrected chi connectivity index (χ0v) is 12.4. The number of carbonyl (C=O) groups is 1. The molecule has 1 aromatic rings. The molecule has 0 saturated carbocycles. The molecule has 1 saturated heterocycles. The van der Waals surface area contributed by atoms with Gasteiger partial charge >= 0.3 is 0 Å². The maximum atomic E-state index is 13.4. The van der Waals surface area contributed by atoms with Gasteiger partial charge in [0.15, 0.2) is 0 Å². The van der Waals surface area contributed by atoms with Crippen molar-refractivity contribution in [1.82, 2.24) is 10.2 Å². The first kappa shape index (κ1) is 15.9. The molecule has 1 aliphatic rings. The van der Waals surface area contributed by atoms with Crippen LogP contribution in [0.5, 0.6) is 0 Å². The van der Waals surface area contributed by atoms with E-state index in [0.29, 0.717) is 6.54 Å². The lowest BCUT2D eigenvalue weighted by atomic mass is 9.99. The number of hydrogen-bond acceptors (Lipinski definition) is 2. The van der Waals surface area contributed by atoms with E-state index >= 15 is 0 Å². The molecule has 5 heteroatoms. The number of carbonyl (C=O) groups excluding carboxylic acids is 1. The van der Waals surface area contributed by atoms with Gasteiger partial charge in [0.25, 0.3) is 5.91 Å². The van der Waals surface area contributed by atoms with Crippen LogP contribution in [0.1, 0.15) is 36.5 Å². The Hall–Kier alpha value is -1.49. The Bertz CT molecular complexity index is 485. The highest BCUT2D eigenvalue weighted by Crippen LogP contribution is 2.15. The summed E-state index contributed by atoms with van der Waals surface area (Å²) in [4.78, 5) is 14.2. The van der Waals surface area contributed by atoms with Gasteiger partial charge < -0.3 is 10.2 Å². The van der Waals surface area contributed by atoms with Crippen LogP contribution in [0.15, 0.2) is 18.2 Å². The van der Waals surface area contributed by atoms with Crippen LogP contribution in [-0.2, 0) is 0 Å². The molecule has 0 unspecified atom stereocenters. The summed E-state index contributed by atoms with van der Waals surface area (Å²) in [5.41, 5.74) is -0.234. The smallest absolute Gasteiger partial charge is 0.254 e. The molecule has 0 radical (unpaired) electrons. The quantitative estimate of drug-likeness (QED) is 0.847. The van der Waals surface area contributed by atoms with E-state index in [0.717, 1.165) is 50.2 Å². The van der Waals surface area contributed by atoms with E-state index < -0.39 is 17.5 Å². The van der Waals surface area contributed by atoms with Gasteiger partial charge in [0.1, 0.15) is 11.6 Å². The standard InChI is InChI=1S/C16H22F2N2O/c1-12-5-9-20(10-6-12)8-2-7-19-16(21)14-11-13(17)3-4-15(14)18/h3-4,11-12H,2,5-10H2,1H3,(H,19,21). The Balaban J connectivity index is 1.71. The Morgan fingerprint density at radius 1 is 1.33 bits per heavy atom. The van der Waals surface area contributed by atoms with Crippen LogP contribution < -0.4 is 5.32 Å². The van der Waals surface area contributed by atoms with E-state index in [-0.39, 0.29) is 5.56 Å². The maximum absolute atomic E-state index is 13.4. The van der Waals surface area contributed by atoms with Crippen LogP contribution >= 0.6 is 0 Å². The molecule has 2 rings (SSSR count). The van der Waals surface area contributed by atoms with Crippen molar-refractivity contribution >= 4 is 5.91 Å². The van der Waals surface area contributed by atoms with Crippen molar-refractivity contribution in [3.8, 4) is 0 Å². The molecule has 0 aliphatic carbocycles. The van der Waals surface area contributed by atoms with Gasteiger partial charge in [-0.05, 0) is 63.0 Å². The van der Waals surface area contributed by atoms with Crippen LogP contribution in [0.25, 0.3) is 0 Å². The lowest BCUT2D eigenvalue weighted by molar-refractivity contribution is 0.0946. The zero-order chi connectivity index (χ0) is 15.2. The fraction of sp³-hybridized carbons (Fsp3) is 0.562. The number of nitrogens with one attached hydrogen (secondary N) is 1. The van der Waals surface area contributed by atoms with Gasteiger partial charge in [-0.25, -0.2) is 8.78 Å². The monoisotopic (exact) mass is 296 g/mol. The average Bonchev–Trinajstić information content (AvgIpc) is 2.47. The van der Waals surface area contributed by atoms with Crippen molar-refractivity contribution in [2.45, 2.75) is 26.2 Å². The molecule has 0 atom stereocenters. The predicted molar refractivity (Wildman–Crippen MR) is 78.1 cm³/mol. The minimum absolute atomic E-state index is 0.234. The predicted octanol–water partition coefficient (Wildman–Crippen LogP) is 2.82. The van der Waals surface area contributed by atoms with Gasteiger partial charge in [0.05, 0.1) is 5.56 Å². The maximum Gasteiger partial charge on any atom is 0.254 e. The second-order valence-electron chi connectivity index (χ2n) is 5.76. The largest absolute Gasteiger partial charge is 0.352 e. The second-order valence-corrected chi connectivity index (χ2v) is 5.76. The number of benzene rings is 1. The van der Waals surface area contributed by atoms with E-state index in [9.17, 15) is 13.6 Å². The van der Waals surface area contributed by atoms with Crippen molar-refractivity contribution in [1.29, 1.82) is 0 Å². The average molecular weight is 296 g/mol. The van der Waals surface area contributed by atoms with Gasteiger partial charge in [-0.15, -0.1) is 0 Å². The fourth-order valence-corrected chi connectivity index (χ4v) is 2.56. The Labute approximate surface area is 124 Å². The summed E-state index contributed by atoms with van der Waals surface area (Å²) in [7, 11) is 0. The minimum atomic E-state index is -0.695. The summed E-state index contributed by atoms with van der Waals surface area (Å²) in [5.74, 6) is -1.06. The van der Waals surface area contributed by atoms with E-state index in [1.54, 1.807) is 0 Å². The number of rotatable bonds is 5. The van der Waals surface area contributed by atoms with Crippen LogP contribution in [-0.4, -0.2) is 37.0 Å². The molecule has 0 spiro atoms. The molecule has 1 aromatic carbocycles. The van der Waals surface area contributed by atoms with Gasteiger partial charge in [-0.1, -0.05) is 6.92 Å². The molecule has 0 bridgehead atoms. The Morgan fingerprint density at radius 2 is 2.05 bits per heavy atom. The fourth-order valence-electron chi connectivity index (χ4n) is 2.56. The third kappa shape index (κ3) is 4.77. The summed E-state index contributed by atoms with van der Waals surface area (Å²) in [6.45, 7) is 5.88. The van der Waals surface area contributed by atoms with Crippen LogP contribution in [0.4, 0.5) is 8.78 Å². The number of likely N-dealkylation sites (tertiary alicyclic amines) is 1. The van der Waals surface area contributed by atoms with Gasteiger partial charge in [0.2, 0.25) is 0 Å². The van der Waals surface area contributed by atoms with Gasteiger partial charge in [-0.3, -0.25) is 4.79 Å². The molecule has 1 heterocycles. The second kappa shape index (κ2) is 7.50. The topological polar surface area (TPSA) is 32.3 Å². The van der Waals surface area contributed by atoms with Crippen LogP contribution in [0.2, 0.25) is 0 Å². The molecular weight excluding hydrogens is 274 g/mol. The molecule has 1 fully saturated rings. The van der Waals surface area contributed by atoms with Crippen molar-refractivity contribution in [2.24, 2.45) is 5.92 Å². The van der Waals surface area contributed by atoms with Crippen molar-refractivity contribution < 1.29 is 13.6 Å². The van der Waals surface area contributed by atoms with E-state index in [4.69, 9.17) is 0 Å². The summed E-state index contributed by atoms with van der Waals surface area (Å²) in [6.07, 6.45) is 3.26. The molecule has 1 N–H and O–H groups in total. The molecule has 1 amide bonds. The number of halogens is 2. The number of nitrogens with zero attached hydrogens (tertiary/aromatic N) is 1. The highest BCUT2D eigenvalue weighted by Gasteiger charge is 2.15. The SMILES string of the molecule is CC1CCN(CCCNC(=O)c2cc(F)ccc2F)CC1. The highest BCUT2D eigenvalue weighted by molar-refractivity contribution is 5.94. The minimum Gasteiger partial charge on any atom is -0.352 e. The number of amides is 1. The summed E-state index contributed by atoms with van der Waals surface area (Å²) >= 11 is 0. The summed E-state index contributed by atoms with van der Waals surface area (Å²) < 4.78 is 26.4. The van der Waals surface area contributed by atoms with Crippen LogP contribution in [0.3, 0.4) is 0 Å². The van der Waals surface area contributed by atoms with E-state index in [1.807, 2.05) is 0 Å². The zero-order valence-electron chi connectivity index (χ0n) is 12.4. The van der Waals surface area contributed by atoms with E-state index in [1.165, 1.54) is 12.8 Å². The van der Waals surface area contributed by atoms with Gasteiger partial charge in [-0.2, -0.15) is 0 Å². The summed E-state index contributed by atoms with van der Waals surface area (Å²) in [6, 6.07) is 2.90. The molecule has 116 valence electrons. The van der Waals surface area contributed by atoms with Crippen molar-refractivity contribution in [3.63, 3.8) is 0 Å². The molecule has 0 aromatic heterocycles. The van der Waals surface area contributed by atoms with Crippen molar-refractivity contribution in [2.75, 3.05) is 26.2 Å². The first-order valence-electron chi connectivity index (χ1n) is 7.52. The first-order valence-corrected chi connectivity index (χ1v) is 7.52. The Morgan fingerprint density at radius 3 is 2.76 bits per heavy atom. The number of piperidine rings is 1. The third-order valence-electron chi connectivity index (χ3n) is 3.99. The molecule has 3 nitrogen and oxygen atoms in total. The normalized spacial score (nSPS) is 16.9. The third-order valence-corrected chi connectivity index (χ3v) is 3.99. The Kier molecular flexibility index (Phi) is 5.67. The highest BCUT2D eigenvalue weighted by atomic mass is 19.1. The van der Waals surface area contributed by atoms with Crippen molar-refractivity contribution in [3.05, 3.63) is 35.4 Å². The lowest BCUT2D eigenvalue weighted by Crippen LogP contribution is -2.35. The molecule has 21 heavy (non-hydrogen) atoms. The summed E-state index contributed by atoms with van der Waals surface area (Å²) in [5, 5.41) is 2.64. The first-order chi connectivity index (χ1) is 10.1. The van der Waals surface area contributed by atoms with E-state index in [2.05, 4.69) is 17.1 Å². The number of hydrogen-bond donors (Lipinski definition) is 1. The molecule has 1 aliphatic heterocycles.